The molecule has 0 aromatic carbocycles. The number of nitrogens with zero attached hydrogens (tertiary/aromatic N) is 1. The van der Waals surface area contributed by atoms with Crippen molar-refractivity contribution < 1.29 is 9.90 Å². The third-order valence-electron chi connectivity index (χ3n) is 4.04. The molecule has 0 radical (unpaired) electrons. The molecule has 5 nitrogen and oxygen atoms in total. The Balaban J connectivity index is 1.76. The molecule has 2 fully saturated rings. The van der Waals surface area contributed by atoms with E-state index in [0.29, 0.717) is 18.4 Å². The number of hydrogen-bond acceptors (Lipinski definition) is 5. The van der Waals surface area contributed by atoms with Gasteiger partial charge in [0.1, 0.15) is 5.78 Å². The van der Waals surface area contributed by atoms with Crippen molar-refractivity contribution in [1.82, 2.24) is 10.3 Å². The minimum absolute atomic E-state index is 0.212. The predicted octanol–water partition coefficient (Wildman–Crippen LogP) is 0.505. The van der Waals surface area contributed by atoms with Crippen molar-refractivity contribution in [2.45, 2.75) is 50.7 Å². The predicted molar refractivity (Wildman–Crippen MR) is 69.2 cm³/mol. The summed E-state index contributed by atoms with van der Waals surface area (Å²) in [5.41, 5.74) is 0.641. The van der Waals surface area contributed by atoms with Gasteiger partial charge in [0.2, 0.25) is 0 Å². The van der Waals surface area contributed by atoms with Crippen LogP contribution in [-0.2, 0) is 4.79 Å². The fraction of sp³-hybridized carbons (Fsp3) is 0.769. The van der Waals surface area contributed by atoms with Gasteiger partial charge in [-0.25, -0.2) is 5.84 Å². The van der Waals surface area contributed by atoms with Crippen LogP contribution in [0.5, 0.6) is 0 Å². The smallest absolute Gasteiger partial charge is 0.129 e. The summed E-state index contributed by atoms with van der Waals surface area (Å²) >= 11 is 0. The van der Waals surface area contributed by atoms with Crippen LogP contribution in [0.25, 0.3) is 0 Å². The van der Waals surface area contributed by atoms with Gasteiger partial charge < -0.3 is 20.2 Å². The van der Waals surface area contributed by atoms with Gasteiger partial charge in [0.25, 0.3) is 0 Å². The third-order valence-corrected chi connectivity index (χ3v) is 4.04. The summed E-state index contributed by atoms with van der Waals surface area (Å²) in [6.45, 7) is 1.61. The summed E-state index contributed by atoms with van der Waals surface area (Å²) in [5, 5.41) is 14.6. The summed E-state index contributed by atoms with van der Waals surface area (Å²) in [6.07, 6.45) is 5.91. The lowest BCUT2D eigenvalue weighted by Crippen LogP contribution is -2.44. The Morgan fingerprint density at radius 2 is 2.28 bits per heavy atom. The van der Waals surface area contributed by atoms with E-state index in [1.54, 1.807) is 19.0 Å². The molecule has 2 aliphatic carbocycles. The fourth-order valence-electron chi connectivity index (χ4n) is 2.68. The lowest BCUT2D eigenvalue weighted by atomic mass is 9.90. The van der Waals surface area contributed by atoms with Crippen LogP contribution in [0.3, 0.4) is 0 Å². The van der Waals surface area contributed by atoms with E-state index in [1.165, 1.54) is 0 Å². The number of aliphatic hydroxyl groups is 1. The number of hydrogen-bond donors (Lipinski definition) is 3. The zero-order chi connectivity index (χ0) is 13.3. The molecule has 0 aliphatic heterocycles. The lowest BCUT2D eigenvalue weighted by molar-refractivity contribution is -0.117. The van der Waals surface area contributed by atoms with Gasteiger partial charge in [-0.05, 0) is 32.6 Å². The summed E-state index contributed by atoms with van der Waals surface area (Å²) in [6, 6.07) is 0.387. The highest BCUT2D eigenvalue weighted by atomic mass is 16.3. The molecule has 0 saturated heterocycles. The first kappa shape index (κ1) is 13.4. The average molecular weight is 253 g/mol. The average Bonchev–Trinajstić information content (AvgIpc) is 2.80. The molecule has 2 aliphatic rings. The van der Waals surface area contributed by atoms with Gasteiger partial charge >= 0.3 is 0 Å². The van der Waals surface area contributed by atoms with E-state index in [9.17, 15) is 9.90 Å². The second kappa shape index (κ2) is 4.90. The number of carbonyl (C=O) groups excluding carboxylic acids is 1. The standard InChI is InChI=1S/C13H23N3O2/c1-9(17)4-3-5-10(16(2)14)8-15-12-7-13(18)6-11(12)13/h8,11-12,15,18H,3-7,14H2,1-2H3. The van der Waals surface area contributed by atoms with Gasteiger partial charge in [-0.2, -0.15) is 0 Å². The number of allylic oxidation sites excluding steroid dienone is 1. The molecule has 3 atom stereocenters. The van der Waals surface area contributed by atoms with Crippen molar-refractivity contribution in [2.24, 2.45) is 11.8 Å². The minimum atomic E-state index is -0.352. The molecule has 18 heavy (non-hydrogen) atoms. The molecule has 2 saturated carbocycles. The zero-order valence-corrected chi connectivity index (χ0v) is 11.1. The number of carbonyl (C=O) groups is 1. The minimum Gasteiger partial charge on any atom is -0.389 e. The van der Waals surface area contributed by atoms with Crippen LogP contribution in [0.4, 0.5) is 0 Å². The first-order valence-corrected chi connectivity index (χ1v) is 6.58. The number of Topliss-reactive ketones (excluding diaryl/α,β-unsaturated/α-hetero) is 1. The quantitative estimate of drug-likeness (QED) is 0.455. The Hall–Kier alpha value is -1.07. The van der Waals surface area contributed by atoms with Crippen molar-refractivity contribution >= 4 is 5.78 Å². The molecule has 0 amide bonds. The van der Waals surface area contributed by atoms with Crippen molar-refractivity contribution in [2.75, 3.05) is 7.05 Å². The first-order valence-electron chi connectivity index (χ1n) is 6.58. The first-order chi connectivity index (χ1) is 8.42. The van der Waals surface area contributed by atoms with Gasteiger partial charge in [0.05, 0.1) is 5.60 Å². The van der Waals surface area contributed by atoms with Gasteiger partial charge in [0, 0.05) is 37.3 Å². The van der Waals surface area contributed by atoms with Crippen LogP contribution in [0.1, 0.15) is 39.0 Å². The third kappa shape index (κ3) is 2.84. The molecule has 0 heterocycles. The Morgan fingerprint density at radius 3 is 2.72 bits per heavy atom. The normalized spacial score (nSPS) is 33.4. The molecule has 5 heteroatoms. The van der Waals surface area contributed by atoms with E-state index < -0.39 is 0 Å². The second-order valence-electron chi connectivity index (χ2n) is 5.69. The highest BCUT2D eigenvalue weighted by Crippen LogP contribution is 2.59. The molecule has 0 bridgehead atoms. The van der Waals surface area contributed by atoms with Crippen LogP contribution in [0, 0.1) is 5.92 Å². The van der Waals surface area contributed by atoms with Crippen LogP contribution in [0.2, 0.25) is 0 Å². The summed E-state index contributed by atoms with van der Waals surface area (Å²) in [5.74, 6) is 6.40. The number of fused-ring (bicyclic) bond motifs is 1. The van der Waals surface area contributed by atoms with Crippen molar-refractivity contribution in [3.05, 3.63) is 11.9 Å². The Kier molecular flexibility index (Phi) is 3.64. The molecule has 0 aromatic heterocycles. The van der Waals surface area contributed by atoms with Gasteiger partial charge in [-0.3, -0.25) is 0 Å². The van der Waals surface area contributed by atoms with E-state index in [4.69, 9.17) is 5.84 Å². The highest BCUT2D eigenvalue weighted by Gasteiger charge is 2.66. The maximum absolute atomic E-state index is 10.9. The van der Waals surface area contributed by atoms with Gasteiger partial charge in [-0.1, -0.05) is 0 Å². The number of ketones is 1. The molecular formula is C13H23N3O2. The second-order valence-corrected chi connectivity index (χ2v) is 5.69. The van der Waals surface area contributed by atoms with Crippen molar-refractivity contribution in [1.29, 1.82) is 0 Å². The Morgan fingerprint density at radius 1 is 1.56 bits per heavy atom. The maximum atomic E-state index is 10.9. The highest BCUT2D eigenvalue weighted by molar-refractivity contribution is 5.75. The molecule has 102 valence electrons. The largest absolute Gasteiger partial charge is 0.389 e. The van der Waals surface area contributed by atoms with Crippen molar-refractivity contribution in [3.63, 3.8) is 0 Å². The Labute approximate surface area is 108 Å². The molecule has 4 N–H and O–H groups in total. The van der Waals surface area contributed by atoms with E-state index in [1.807, 2.05) is 6.20 Å². The number of rotatable bonds is 7. The molecular weight excluding hydrogens is 230 g/mol. The number of nitrogens with one attached hydrogen (secondary N) is 1. The lowest BCUT2D eigenvalue weighted by Gasteiger charge is -2.31. The summed E-state index contributed by atoms with van der Waals surface area (Å²) < 4.78 is 0. The molecule has 0 spiro atoms. The number of hydrazine groups is 1. The van der Waals surface area contributed by atoms with Gasteiger partial charge in [-0.15, -0.1) is 0 Å². The van der Waals surface area contributed by atoms with E-state index >= 15 is 0 Å². The fourth-order valence-corrected chi connectivity index (χ4v) is 2.68. The SMILES string of the molecule is CC(=O)CCCC(=CNC1CC2(O)CC12)N(C)N. The zero-order valence-electron chi connectivity index (χ0n) is 11.1. The molecule has 3 unspecified atom stereocenters. The van der Waals surface area contributed by atoms with Crippen LogP contribution in [-0.4, -0.2) is 34.6 Å². The summed E-state index contributed by atoms with van der Waals surface area (Å²) in [7, 11) is 1.80. The van der Waals surface area contributed by atoms with Crippen LogP contribution < -0.4 is 11.2 Å². The van der Waals surface area contributed by atoms with Crippen molar-refractivity contribution in [3.8, 4) is 0 Å². The monoisotopic (exact) mass is 253 g/mol. The van der Waals surface area contributed by atoms with Crippen LogP contribution >= 0.6 is 0 Å². The maximum Gasteiger partial charge on any atom is 0.129 e. The van der Waals surface area contributed by atoms with E-state index in [-0.39, 0.29) is 11.4 Å². The number of nitrogens with two attached hydrogens (primary N) is 1. The van der Waals surface area contributed by atoms with Crippen LogP contribution in [0.15, 0.2) is 11.9 Å². The topological polar surface area (TPSA) is 78.6 Å². The van der Waals surface area contributed by atoms with E-state index in [0.717, 1.165) is 31.4 Å². The molecule has 2 rings (SSSR count). The van der Waals surface area contributed by atoms with E-state index in [2.05, 4.69) is 5.32 Å². The molecule has 0 aromatic rings. The Bertz CT molecular complexity index is 367. The summed E-state index contributed by atoms with van der Waals surface area (Å²) in [4.78, 5) is 10.9. The van der Waals surface area contributed by atoms with Gasteiger partial charge in [0.15, 0.2) is 0 Å².